The standard InChI is InChI=1S/C30H29BrN4O2S/c1-18-8-10-21(22(31)16-18)25-11-12-26(37-25)29-28(23-6-4-5-14-32-23)34-30(38)35(29)15-13-27(36)33-24-17-19(2)7-9-20(24)3/h4-12,14,16-17,28-29H,13,15H2,1-3H3,(H,33,36)(H,34,38)/t28-,29-/m0/s1. The number of pyridine rings is 1. The SMILES string of the molecule is Cc1ccc(-c2ccc([C@H]3[C@H](c4ccccn4)NC(=S)N3CCC(=O)Nc3cc(C)ccc3C)o2)c(Br)c1. The first-order valence-electron chi connectivity index (χ1n) is 12.5. The van der Waals surface area contributed by atoms with Gasteiger partial charge in [-0.15, -0.1) is 0 Å². The normalized spacial score (nSPS) is 16.9. The number of hydrogen-bond donors (Lipinski definition) is 2. The first kappa shape index (κ1) is 26.1. The summed E-state index contributed by atoms with van der Waals surface area (Å²) in [5.74, 6) is 1.45. The lowest BCUT2D eigenvalue weighted by molar-refractivity contribution is -0.116. The first-order valence-corrected chi connectivity index (χ1v) is 13.7. The Bertz CT molecular complexity index is 1490. The van der Waals surface area contributed by atoms with Crippen LogP contribution in [0.3, 0.4) is 0 Å². The number of aromatic nitrogens is 1. The van der Waals surface area contributed by atoms with Crippen molar-refractivity contribution in [2.24, 2.45) is 0 Å². The van der Waals surface area contributed by atoms with E-state index in [0.29, 0.717) is 11.7 Å². The molecule has 1 aliphatic heterocycles. The van der Waals surface area contributed by atoms with Crippen LogP contribution in [0.25, 0.3) is 11.3 Å². The number of benzene rings is 2. The molecule has 1 amide bonds. The lowest BCUT2D eigenvalue weighted by Crippen LogP contribution is -2.32. The summed E-state index contributed by atoms with van der Waals surface area (Å²) in [5.41, 5.74) is 5.96. The molecule has 38 heavy (non-hydrogen) atoms. The van der Waals surface area contributed by atoms with Gasteiger partial charge in [-0.25, -0.2) is 0 Å². The van der Waals surface area contributed by atoms with Crippen molar-refractivity contribution >= 4 is 44.9 Å². The number of anilines is 1. The quantitative estimate of drug-likeness (QED) is 0.226. The fourth-order valence-corrected chi connectivity index (χ4v) is 5.76. The van der Waals surface area contributed by atoms with Crippen LogP contribution in [-0.4, -0.2) is 27.4 Å². The van der Waals surface area contributed by atoms with Gasteiger partial charge in [0.05, 0.1) is 11.7 Å². The summed E-state index contributed by atoms with van der Waals surface area (Å²) in [7, 11) is 0. The van der Waals surface area contributed by atoms with Crippen LogP contribution in [0.4, 0.5) is 5.69 Å². The second-order valence-corrected chi connectivity index (χ2v) is 10.9. The van der Waals surface area contributed by atoms with E-state index in [9.17, 15) is 4.79 Å². The molecule has 2 aromatic heterocycles. The van der Waals surface area contributed by atoms with Crippen molar-refractivity contribution in [3.8, 4) is 11.3 Å². The molecule has 2 aromatic carbocycles. The van der Waals surface area contributed by atoms with Crippen molar-refractivity contribution in [1.29, 1.82) is 0 Å². The van der Waals surface area contributed by atoms with Crippen molar-refractivity contribution < 1.29 is 9.21 Å². The Morgan fingerprint density at radius 2 is 1.87 bits per heavy atom. The predicted octanol–water partition coefficient (Wildman–Crippen LogP) is 7.03. The van der Waals surface area contributed by atoms with Gasteiger partial charge >= 0.3 is 0 Å². The van der Waals surface area contributed by atoms with Gasteiger partial charge in [-0.1, -0.05) is 40.2 Å². The lowest BCUT2D eigenvalue weighted by Gasteiger charge is -2.26. The van der Waals surface area contributed by atoms with Crippen molar-refractivity contribution in [2.75, 3.05) is 11.9 Å². The molecule has 1 aliphatic rings. The summed E-state index contributed by atoms with van der Waals surface area (Å²) >= 11 is 9.42. The van der Waals surface area contributed by atoms with Gasteiger partial charge < -0.3 is 20.0 Å². The Morgan fingerprint density at radius 1 is 1.08 bits per heavy atom. The number of nitrogens with zero attached hydrogens (tertiary/aromatic N) is 2. The average Bonchev–Trinajstić information content (AvgIpc) is 3.50. The molecule has 1 fully saturated rings. The van der Waals surface area contributed by atoms with E-state index in [4.69, 9.17) is 16.6 Å². The smallest absolute Gasteiger partial charge is 0.226 e. The fourth-order valence-electron chi connectivity index (χ4n) is 4.74. The molecule has 0 spiro atoms. The van der Waals surface area contributed by atoms with Gasteiger partial charge in [0.15, 0.2) is 5.11 Å². The van der Waals surface area contributed by atoms with Crippen molar-refractivity contribution in [3.63, 3.8) is 0 Å². The molecule has 2 N–H and O–H groups in total. The Labute approximate surface area is 236 Å². The summed E-state index contributed by atoms with van der Waals surface area (Å²) < 4.78 is 7.41. The van der Waals surface area contributed by atoms with E-state index >= 15 is 0 Å². The number of amides is 1. The van der Waals surface area contributed by atoms with Gasteiger partial charge in [-0.2, -0.15) is 0 Å². The lowest BCUT2D eigenvalue weighted by atomic mass is 10.0. The highest BCUT2D eigenvalue weighted by molar-refractivity contribution is 9.10. The second kappa shape index (κ2) is 11.1. The molecule has 2 atom stereocenters. The summed E-state index contributed by atoms with van der Waals surface area (Å²) in [6.45, 7) is 6.49. The van der Waals surface area contributed by atoms with Gasteiger partial charge in [-0.3, -0.25) is 9.78 Å². The molecule has 0 unspecified atom stereocenters. The second-order valence-electron chi connectivity index (χ2n) is 9.62. The Kier molecular flexibility index (Phi) is 7.63. The number of hydrogen-bond acceptors (Lipinski definition) is 4. The molecule has 0 bridgehead atoms. The highest BCUT2D eigenvalue weighted by Gasteiger charge is 2.41. The third-order valence-corrected chi connectivity index (χ3v) is 7.76. The number of carbonyl (C=O) groups is 1. The minimum Gasteiger partial charge on any atom is -0.459 e. The van der Waals surface area contributed by atoms with Gasteiger partial charge in [0.2, 0.25) is 5.91 Å². The maximum Gasteiger partial charge on any atom is 0.226 e. The van der Waals surface area contributed by atoms with Crippen molar-refractivity contribution in [3.05, 3.63) is 106 Å². The minimum absolute atomic E-state index is 0.0646. The summed E-state index contributed by atoms with van der Waals surface area (Å²) in [6, 6.07) is 21.5. The predicted molar refractivity (Wildman–Crippen MR) is 158 cm³/mol. The van der Waals surface area contributed by atoms with Crippen LogP contribution in [0.1, 0.15) is 46.6 Å². The topological polar surface area (TPSA) is 70.4 Å². The Morgan fingerprint density at radius 3 is 2.63 bits per heavy atom. The molecule has 8 heteroatoms. The Balaban J connectivity index is 1.41. The van der Waals surface area contributed by atoms with Crippen molar-refractivity contribution in [1.82, 2.24) is 15.2 Å². The summed E-state index contributed by atoms with van der Waals surface area (Å²) in [5, 5.41) is 7.04. The zero-order valence-electron chi connectivity index (χ0n) is 21.5. The first-order chi connectivity index (χ1) is 18.3. The van der Waals surface area contributed by atoms with Crippen molar-refractivity contribution in [2.45, 2.75) is 39.3 Å². The Hall–Kier alpha value is -3.49. The number of halogens is 1. The van der Waals surface area contributed by atoms with E-state index in [1.807, 2.05) is 73.3 Å². The summed E-state index contributed by atoms with van der Waals surface area (Å²) in [6.07, 6.45) is 2.05. The maximum atomic E-state index is 12.9. The van der Waals surface area contributed by atoms with Crippen LogP contribution in [0.15, 0.2) is 81.8 Å². The van der Waals surface area contributed by atoms with Crippen LogP contribution >= 0.6 is 28.1 Å². The molecule has 1 saturated heterocycles. The van der Waals surface area contributed by atoms with E-state index in [2.05, 4.69) is 50.6 Å². The molecule has 3 heterocycles. The maximum absolute atomic E-state index is 12.9. The van der Waals surface area contributed by atoms with Gasteiger partial charge in [0.25, 0.3) is 0 Å². The van der Waals surface area contributed by atoms with Crippen LogP contribution in [0.2, 0.25) is 0 Å². The van der Waals surface area contributed by atoms with Crippen LogP contribution in [0.5, 0.6) is 0 Å². The number of aryl methyl sites for hydroxylation is 3. The minimum atomic E-state index is -0.260. The number of nitrogens with one attached hydrogen (secondary N) is 2. The summed E-state index contributed by atoms with van der Waals surface area (Å²) in [4.78, 5) is 19.6. The highest BCUT2D eigenvalue weighted by Crippen LogP contribution is 2.41. The molecule has 4 aromatic rings. The van der Waals surface area contributed by atoms with E-state index < -0.39 is 0 Å². The molecule has 6 nitrogen and oxygen atoms in total. The molecule has 5 rings (SSSR count). The third kappa shape index (κ3) is 5.51. The zero-order chi connectivity index (χ0) is 26.8. The van der Waals surface area contributed by atoms with E-state index in [0.717, 1.165) is 44.1 Å². The third-order valence-electron chi connectivity index (χ3n) is 6.75. The van der Waals surface area contributed by atoms with E-state index in [1.165, 1.54) is 5.56 Å². The molecule has 0 aliphatic carbocycles. The average molecular weight is 590 g/mol. The van der Waals surface area contributed by atoms with E-state index in [1.54, 1.807) is 6.20 Å². The number of carbonyl (C=O) groups excluding carboxylic acids is 1. The van der Waals surface area contributed by atoms with E-state index in [-0.39, 0.29) is 24.4 Å². The van der Waals surface area contributed by atoms with Gasteiger partial charge in [0.1, 0.15) is 17.6 Å². The van der Waals surface area contributed by atoms with Gasteiger partial charge in [-0.05, 0) is 92.1 Å². The molecule has 0 radical (unpaired) electrons. The number of rotatable bonds is 7. The van der Waals surface area contributed by atoms with Gasteiger partial charge in [0, 0.05) is 34.9 Å². The number of thiocarbonyl (C=S) groups is 1. The molecular weight excluding hydrogens is 560 g/mol. The zero-order valence-corrected chi connectivity index (χ0v) is 23.9. The van der Waals surface area contributed by atoms with Crippen LogP contribution in [0, 0.1) is 20.8 Å². The largest absolute Gasteiger partial charge is 0.459 e. The molecular formula is C30H29BrN4O2S. The fraction of sp³-hybridized carbons (Fsp3) is 0.233. The monoisotopic (exact) mass is 588 g/mol. The number of furan rings is 1. The highest BCUT2D eigenvalue weighted by atomic mass is 79.9. The molecule has 194 valence electrons. The van der Waals surface area contributed by atoms with Crippen LogP contribution in [-0.2, 0) is 4.79 Å². The van der Waals surface area contributed by atoms with Crippen LogP contribution < -0.4 is 10.6 Å². The molecule has 0 saturated carbocycles.